The molecule has 0 aromatic heterocycles. The van der Waals surface area contributed by atoms with Gasteiger partial charge in [-0.15, -0.1) is 0 Å². The monoisotopic (exact) mass is 472 g/mol. The van der Waals surface area contributed by atoms with Crippen molar-refractivity contribution >= 4 is 5.78 Å². The Morgan fingerprint density at radius 1 is 0.912 bits per heavy atom. The average Bonchev–Trinajstić information content (AvgIpc) is 2.79. The molecule has 192 valence electrons. The zero-order valence-corrected chi connectivity index (χ0v) is 22.4. The van der Waals surface area contributed by atoms with Crippen molar-refractivity contribution in [3.05, 3.63) is 11.6 Å². The molecule has 0 unspecified atom stereocenters. The minimum absolute atomic E-state index is 0.0493. The number of aliphatic hydroxyl groups is 3. The van der Waals surface area contributed by atoms with Gasteiger partial charge in [0, 0.05) is 23.9 Å². The summed E-state index contributed by atoms with van der Waals surface area (Å²) >= 11 is 0. The third kappa shape index (κ3) is 2.85. The first-order chi connectivity index (χ1) is 15.7. The van der Waals surface area contributed by atoms with Crippen LogP contribution >= 0.6 is 0 Å². The van der Waals surface area contributed by atoms with E-state index in [0.29, 0.717) is 24.0 Å². The number of rotatable bonds is 2. The molecule has 4 fully saturated rings. The molecule has 0 amide bonds. The number of hydrogen-bond acceptors (Lipinski definition) is 4. The Balaban J connectivity index is 1.58. The molecule has 10 atom stereocenters. The summed E-state index contributed by atoms with van der Waals surface area (Å²) in [6.07, 6.45) is 10.5. The van der Waals surface area contributed by atoms with Gasteiger partial charge in [-0.25, -0.2) is 0 Å². The predicted molar refractivity (Wildman–Crippen MR) is 134 cm³/mol. The van der Waals surface area contributed by atoms with E-state index in [9.17, 15) is 20.1 Å². The van der Waals surface area contributed by atoms with Crippen LogP contribution in [0.25, 0.3) is 0 Å². The third-order valence-corrected chi connectivity index (χ3v) is 13.2. The molecule has 4 nitrogen and oxygen atoms in total. The summed E-state index contributed by atoms with van der Waals surface area (Å²) in [4.78, 5) is 13.5. The van der Waals surface area contributed by atoms with Gasteiger partial charge >= 0.3 is 0 Å². The number of aliphatic hydroxyl groups excluding tert-OH is 3. The van der Waals surface area contributed by atoms with E-state index < -0.39 is 11.5 Å². The van der Waals surface area contributed by atoms with E-state index in [1.807, 2.05) is 0 Å². The molecule has 0 radical (unpaired) electrons. The van der Waals surface area contributed by atoms with E-state index in [-0.39, 0.29) is 46.2 Å². The largest absolute Gasteiger partial charge is 0.396 e. The van der Waals surface area contributed by atoms with E-state index in [2.05, 4.69) is 47.6 Å². The number of fused-ring (bicyclic) bond motifs is 7. The summed E-state index contributed by atoms with van der Waals surface area (Å²) < 4.78 is 0. The lowest BCUT2D eigenvalue weighted by Crippen LogP contribution is -2.66. The lowest BCUT2D eigenvalue weighted by molar-refractivity contribution is -0.215. The second-order valence-electron chi connectivity index (χ2n) is 14.8. The zero-order chi connectivity index (χ0) is 24.9. The molecule has 34 heavy (non-hydrogen) atoms. The summed E-state index contributed by atoms with van der Waals surface area (Å²) in [7, 11) is 0. The van der Waals surface area contributed by atoms with E-state index in [4.69, 9.17) is 0 Å². The summed E-state index contributed by atoms with van der Waals surface area (Å²) in [5, 5.41) is 31.5. The minimum atomic E-state index is -0.427. The van der Waals surface area contributed by atoms with Crippen LogP contribution in [0, 0.1) is 50.2 Å². The Hall–Kier alpha value is -0.710. The standard InChI is InChI=1S/C30H48O4/c1-25(17-31)15-20-19-7-8-22-27(3)11-10-23(33)28(4,18-32)21(27)9-12-30(22,6)29(19,5)14-13-26(20,2)24(34)16-25/h7,20-23,31-33H,8-18H2,1-6H3/t20-,21+,22+,23-,25-,26+,27-,28+,29+,30+/m0/s1. The fraction of sp³-hybridized carbons (Fsp3) is 0.900. The van der Waals surface area contributed by atoms with Crippen LogP contribution in [0.15, 0.2) is 11.6 Å². The van der Waals surface area contributed by atoms with Gasteiger partial charge in [0.25, 0.3) is 0 Å². The highest BCUT2D eigenvalue weighted by atomic mass is 16.3. The smallest absolute Gasteiger partial charge is 0.139 e. The van der Waals surface area contributed by atoms with Crippen molar-refractivity contribution in [1.29, 1.82) is 0 Å². The molecule has 0 aliphatic heterocycles. The Morgan fingerprint density at radius 2 is 1.62 bits per heavy atom. The van der Waals surface area contributed by atoms with Gasteiger partial charge in [-0.3, -0.25) is 4.79 Å². The van der Waals surface area contributed by atoms with E-state index in [0.717, 1.165) is 51.4 Å². The lowest BCUT2D eigenvalue weighted by atomic mass is 9.33. The molecule has 4 saturated carbocycles. The third-order valence-electron chi connectivity index (χ3n) is 13.2. The molecule has 0 saturated heterocycles. The molecule has 5 aliphatic rings. The number of Topliss-reactive ketones (excluding diaryl/α,β-unsaturated/α-hetero) is 1. The summed E-state index contributed by atoms with van der Waals surface area (Å²) in [5.41, 5.74) is 0.752. The first-order valence-electron chi connectivity index (χ1n) is 13.9. The maximum Gasteiger partial charge on any atom is 0.139 e. The van der Waals surface area contributed by atoms with Crippen LogP contribution in [-0.4, -0.2) is 40.4 Å². The molecule has 0 aromatic carbocycles. The summed E-state index contributed by atoms with van der Waals surface area (Å²) in [6, 6.07) is 0. The second-order valence-corrected chi connectivity index (χ2v) is 14.8. The number of carbonyl (C=O) groups excluding carboxylic acids is 1. The minimum Gasteiger partial charge on any atom is -0.396 e. The van der Waals surface area contributed by atoms with Gasteiger partial charge in [0.05, 0.1) is 12.7 Å². The molecule has 4 heteroatoms. The Labute approximate surface area is 206 Å². The van der Waals surface area contributed by atoms with Crippen LogP contribution in [0.1, 0.15) is 99.3 Å². The Kier molecular flexibility index (Phi) is 5.44. The van der Waals surface area contributed by atoms with Crippen LogP contribution in [-0.2, 0) is 4.79 Å². The van der Waals surface area contributed by atoms with Gasteiger partial charge in [0.1, 0.15) is 5.78 Å². The molecular formula is C30H48O4. The molecule has 5 aliphatic carbocycles. The zero-order valence-electron chi connectivity index (χ0n) is 22.4. The van der Waals surface area contributed by atoms with Crippen molar-refractivity contribution in [2.24, 2.45) is 50.2 Å². The highest BCUT2D eigenvalue weighted by Crippen LogP contribution is 2.75. The van der Waals surface area contributed by atoms with Crippen molar-refractivity contribution in [1.82, 2.24) is 0 Å². The van der Waals surface area contributed by atoms with Crippen molar-refractivity contribution < 1.29 is 20.1 Å². The van der Waals surface area contributed by atoms with Gasteiger partial charge < -0.3 is 15.3 Å². The molecule has 3 N–H and O–H groups in total. The van der Waals surface area contributed by atoms with Gasteiger partial charge in [0.2, 0.25) is 0 Å². The Morgan fingerprint density at radius 3 is 2.26 bits per heavy atom. The number of carbonyl (C=O) groups is 1. The number of ketones is 1. The van der Waals surface area contributed by atoms with Gasteiger partial charge in [-0.05, 0) is 90.8 Å². The van der Waals surface area contributed by atoms with E-state index in [1.54, 1.807) is 0 Å². The van der Waals surface area contributed by atoms with Crippen molar-refractivity contribution in [3.63, 3.8) is 0 Å². The van der Waals surface area contributed by atoms with Crippen molar-refractivity contribution in [2.75, 3.05) is 13.2 Å². The summed E-state index contributed by atoms with van der Waals surface area (Å²) in [6.45, 7) is 14.0. The number of hydrogen-bond donors (Lipinski definition) is 3. The molecule has 0 bridgehead atoms. The molecular weight excluding hydrogens is 424 g/mol. The fourth-order valence-electron chi connectivity index (χ4n) is 10.5. The highest BCUT2D eigenvalue weighted by Gasteiger charge is 2.69. The average molecular weight is 473 g/mol. The number of allylic oxidation sites excluding steroid dienone is 2. The van der Waals surface area contributed by atoms with E-state index >= 15 is 0 Å². The molecule has 0 heterocycles. The van der Waals surface area contributed by atoms with Gasteiger partial charge in [0.15, 0.2) is 0 Å². The van der Waals surface area contributed by atoms with Crippen LogP contribution < -0.4 is 0 Å². The van der Waals surface area contributed by atoms with Gasteiger partial charge in [-0.2, -0.15) is 0 Å². The maximum absolute atomic E-state index is 13.5. The Bertz CT molecular complexity index is 911. The predicted octanol–water partition coefficient (Wildman–Crippen LogP) is 5.29. The van der Waals surface area contributed by atoms with Crippen LogP contribution in [0.3, 0.4) is 0 Å². The highest BCUT2D eigenvalue weighted by molar-refractivity contribution is 5.87. The van der Waals surface area contributed by atoms with Crippen LogP contribution in [0.2, 0.25) is 0 Å². The molecule has 0 aromatic rings. The van der Waals surface area contributed by atoms with E-state index in [1.165, 1.54) is 5.57 Å². The second kappa shape index (κ2) is 7.42. The fourth-order valence-corrected chi connectivity index (χ4v) is 10.5. The van der Waals surface area contributed by atoms with Crippen LogP contribution in [0.4, 0.5) is 0 Å². The first-order valence-corrected chi connectivity index (χ1v) is 13.9. The van der Waals surface area contributed by atoms with Gasteiger partial charge in [-0.1, -0.05) is 53.2 Å². The maximum atomic E-state index is 13.5. The molecule has 5 rings (SSSR count). The normalized spacial score (nSPS) is 57.1. The van der Waals surface area contributed by atoms with Crippen LogP contribution in [0.5, 0.6) is 0 Å². The quantitative estimate of drug-likeness (QED) is 0.477. The topological polar surface area (TPSA) is 77.8 Å². The SMILES string of the molecule is C[C@@]1(CO)CC(=O)[C@]2(C)CC[C@]3(C)C(=CC[C@@H]4[C@@]5(C)CC[C@H](O)[C@](C)(CO)[C@@H]5CC[C@]43C)[C@@H]2C1. The van der Waals surface area contributed by atoms with Crippen molar-refractivity contribution in [2.45, 2.75) is 105 Å². The summed E-state index contributed by atoms with van der Waals surface area (Å²) in [5.74, 6) is 1.42. The lowest BCUT2D eigenvalue weighted by Gasteiger charge is -2.71. The molecule has 0 spiro atoms. The van der Waals surface area contributed by atoms with Crippen molar-refractivity contribution in [3.8, 4) is 0 Å². The first kappa shape index (κ1) is 25.0.